The Morgan fingerprint density at radius 2 is 1.10 bits per heavy atom. The van der Waals surface area contributed by atoms with Crippen LogP contribution in [-0.2, 0) is 19.4 Å². The summed E-state index contributed by atoms with van der Waals surface area (Å²) in [5, 5.41) is 31.2. The molecule has 2 rings (SSSR count). The van der Waals surface area contributed by atoms with Crippen LogP contribution in [0.25, 0.3) is 0 Å². The average molecular weight is 695 g/mol. The molecule has 8 nitrogen and oxygen atoms in total. The largest absolute Gasteiger partial charge is 0.397 e. The lowest BCUT2D eigenvalue weighted by Gasteiger charge is -2.41. The first-order valence-corrected chi connectivity index (χ1v) is 17.7. The van der Waals surface area contributed by atoms with Crippen molar-refractivity contribution in [3.05, 3.63) is 130 Å². The molecule has 0 heterocycles. The zero-order valence-corrected chi connectivity index (χ0v) is 31.2. The topological polar surface area (TPSA) is 141 Å². The van der Waals surface area contributed by atoms with E-state index in [9.17, 15) is 28.5 Å². The third kappa shape index (κ3) is 11.8. The van der Waals surface area contributed by atoms with Crippen LogP contribution in [0, 0.1) is 10.8 Å². The molecule has 0 amide bonds. The van der Waals surface area contributed by atoms with Gasteiger partial charge in [0.25, 0.3) is 0 Å². The maximum atomic E-state index is 12.3. The Bertz CT molecular complexity index is 1700. The minimum Gasteiger partial charge on any atom is -0.389 e. The third-order valence-electron chi connectivity index (χ3n) is 9.06. The predicted octanol–water partition coefficient (Wildman–Crippen LogP) is 7.50. The van der Waals surface area contributed by atoms with Crippen molar-refractivity contribution < 1.29 is 37.3 Å². The fourth-order valence-electron chi connectivity index (χ4n) is 5.94. The molecule has 0 aromatic rings. The van der Waals surface area contributed by atoms with Gasteiger partial charge in [0.1, 0.15) is 12.2 Å². The van der Waals surface area contributed by atoms with E-state index in [1.165, 1.54) is 0 Å². The van der Waals surface area contributed by atoms with Gasteiger partial charge in [0.15, 0.2) is 5.78 Å². The Kier molecular flexibility index (Phi) is 14.9. The number of aliphatic hydroxyl groups is 3. The van der Waals surface area contributed by atoms with Crippen LogP contribution in [0.4, 0.5) is 0 Å². The fourth-order valence-corrected chi connectivity index (χ4v) is 6.43. The first kappa shape index (κ1) is 41.7. The summed E-state index contributed by atoms with van der Waals surface area (Å²) in [6, 6.07) is 0. The Morgan fingerprint density at radius 3 is 1.57 bits per heavy atom. The molecule has 0 aromatic carbocycles. The minimum absolute atomic E-state index is 0.187. The first-order chi connectivity index (χ1) is 22.6. The van der Waals surface area contributed by atoms with Crippen LogP contribution < -0.4 is 0 Å². The van der Waals surface area contributed by atoms with Crippen LogP contribution in [0.3, 0.4) is 0 Å². The van der Waals surface area contributed by atoms with Crippen LogP contribution in [-0.4, -0.2) is 58.5 Å². The van der Waals surface area contributed by atoms with E-state index in [2.05, 4.69) is 0 Å². The Morgan fingerprint density at radius 1 is 0.694 bits per heavy atom. The van der Waals surface area contributed by atoms with Crippen molar-refractivity contribution in [2.45, 2.75) is 100 Å². The second-order valence-electron chi connectivity index (χ2n) is 14.1. The molecule has 0 bridgehead atoms. The molecule has 0 aromatic heterocycles. The van der Waals surface area contributed by atoms with Gasteiger partial charge in [-0.2, -0.15) is 8.42 Å². The second kappa shape index (κ2) is 17.5. The van der Waals surface area contributed by atoms with Crippen molar-refractivity contribution in [1.29, 1.82) is 0 Å². The summed E-state index contributed by atoms with van der Waals surface area (Å²) in [6.45, 7) is 18.8. The fraction of sp³-hybridized carbons (Fsp3) is 0.425. The molecular formula is C40H54O8S. The smallest absolute Gasteiger partial charge is 0.389 e. The maximum absolute atomic E-state index is 12.3. The maximum Gasteiger partial charge on any atom is 0.397 e. The van der Waals surface area contributed by atoms with Crippen molar-refractivity contribution in [3.63, 3.8) is 0 Å². The standard InChI is InChI=1S/C40H54O8S/c1-26(17-13-19-28(3)21-23-32-30(5)25-34(48-49(45,46)47)37(43)39(32,7)8)15-11-12-16-27(2)18-14-20-29(4)22-24-33-31(6)35(41)36(42)38(44)40(33,9)10/h11-24,34,36-38,42-44H,25H2,1-10H3,(H,45,46,47)/b12-11+,17-13+,18-14+,23-21+,24-22+,26-15+,27-16+,28-19+,29-20+/t34-,36-,37+,38+/m1/s1. The number of aliphatic hydroxyl groups excluding tert-OH is 3. The summed E-state index contributed by atoms with van der Waals surface area (Å²) < 4.78 is 36.2. The lowest BCUT2D eigenvalue weighted by atomic mass is 9.69. The van der Waals surface area contributed by atoms with Crippen LogP contribution in [0.2, 0.25) is 0 Å². The zero-order valence-electron chi connectivity index (χ0n) is 30.4. The van der Waals surface area contributed by atoms with Crippen LogP contribution in [0.5, 0.6) is 0 Å². The molecule has 0 saturated carbocycles. The number of Topliss-reactive ketones (excluding diaryl/α,β-unsaturated/α-hetero) is 1. The highest BCUT2D eigenvalue weighted by atomic mass is 32.3. The molecule has 0 aliphatic heterocycles. The summed E-state index contributed by atoms with van der Waals surface area (Å²) in [6.07, 6.45) is 22.9. The van der Waals surface area contributed by atoms with E-state index in [0.717, 1.165) is 39.0 Å². The second-order valence-corrected chi connectivity index (χ2v) is 15.1. The van der Waals surface area contributed by atoms with Crippen LogP contribution >= 0.6 is 0 Å². The van der Waals surface area contributed by atoms with E-state index in [1.807, 2.05) is 147 Å². The van der Waals surface area contributed by atoms with Crippen LogP contribution in [0.1, 0.15) is 75.7 Å². The van der Waals surface area contributed by atoms with E-state index < -0.39 is 51.4 Å². The van der Waals surface area contributed by atoms with Gasteiger partial charge in [-0.05, 0) is 64.7 Å². The Hall–Kier alpha value is -3.44. The van der Waals surface area contributed by atoms with Crippen molar-refractivity contribution >= 4 is 16.2 Å². The molecule has 4 N–H and O–H groups in total. The van der Waals surface area contributed by atoms with Gasteiger partial charge in [-0.3, -0.25) is 9.35 Å². The SMILES string of the molecule is CC1=C(/C=C/C(C)=C/C=C/C(C)=C/C=C/C=C(C)/C=C/C=C(C)/C=C/C2=C(C)C(=O)[C@@H](O)[C@H](O)C2(C)C)C(C)(C)[C@@H](O)[C@H](OS(=O)(=O)O)C1. The van der Waals surface area contributed by atoms with Gasteiger partial charge in [0.2, 0.25) is 0 Å². The number of carbonyl (C=O) groups is 1. The van der Waals surface area contributed by atoms with Gasteiger partial charge in [-0.1, -0.05) is 141 Å². The quantitative estimate of drug-likeness (QED) is 0.122. The first-order valence-electron chi connectivity index (χ1n) is 16.3. The lowest BCUT2D eigenvalue weighted by Crippen LogP contribution is -2.49. The molecule has 0 saturated heterocycles. The van der Waals surface area contributed by atoms with Gasteiger partial charge in [0, 0.05) is 10.8 Å². The van der Waals surface area contributed by atoms with Gasteiger partial charge in [-0.25, -0.2) is 4.18 Å². The summed E-state index contributed by atoms with van der Waals surface area (Å²) in [5.74, 6) is -0.439. The highest BCUT2D eigenvalue weighted by molar-refractivity contribution is 7.80. The molecule has 0 fully saturated rings. The lowest BCUT2D eigenvalue weighted by molar-refractivity contribution is -0.135. The van der Waals surface area contributed by atoms with Crippen molar-refractivity contribution in [2.75, 3.05) is 0 Å². The number of ketones is 1. The van der Waals surface area contributed by atoms with Gasteiger partial charge in [-0.15, -0.1) is 0 Å². The number of allylic oxidation sites excluding steroid dienone is 18. The number of hydrogen-bond donors (Lipinski definition) is 4. The molecule has 2 aliphatic carbocycles. The van der Waals surface area contributed by atoms with E-state index >= 15 is 0 Å². The number of carbonyl (C=O) groups excluding carboxylic acids is 1. The number of hydrogen-bond acceptors (Lipinski definition) is 7. The normalized spacial score (nSPS) is 26.6. The molecule has 0 spiro atoms. The molecule has 4 atom stereocenters. The Balaban J connectivity index is 1.99. The van der Waals surface area contributed by atoms with E-state index in [4.69, 9.17) is 8.74 Å². The van der Waals surface area contributed by atoms with Crippen molar-refractivity contribution in [3.8, 4) is 0 Å². The van der Waals surface area contributed by atoms with E-state index in [0.29, 0.717) is 5.57 Å². The monoisotopic (exact) mass is 694 g/mol. The average Bonchev–Trinajstić information content (AvgIpc) is 2.99. The summed E-state index contributed by atoms with van der Waals surface area (Å²) in [4.78, 5) is 12.3. The summed E-state index contributed by atoms with van der Waals surface area (Å²) >= 11 is 0. The summed E-state index contributed by atoms with van der Waals surface area (Å²) in [5.41, 5.74) is 5.52. The summed E-state index contributed by atoms with van der Waals surface area (Å²) in [7, 11) is -4.67. The van der Waals surface area contributed by atoms with Crippen LogP contribution in [0.15, 0.2) is 130 Å². The number of rotatable bonds is 12. The molecule has 2 aliphatic rings. The van der Waals surface area contributed by atoms with Gasteiger partial charge < -0.3 is 15.3 Å². The molecule has 49 heavy (non-hydrogen) atoms. The van der Waals surface area contributed by atoms with E-state index in [1.54, 1.807) is 6.92 Å². The third-order valence-corrected chi connectivity index (χ3v) is 9.55. The molecular weight excluding hydrogens is 640 g/mol. The predicted molar refractivity (Wildman–Crippen MR) is 198 cm³/mol. The highest BCUT2D eigenvalue weighted by Gasteiger charge is 2.45. The molecule has 0 radical (unpaired) electrons. The molecule has 268 valence electrons. The minimum atomic E-state index is -4.67. The van der Waals surface area contributed by atoms with Gasteiger partial charge >= 0.3 is 10.4 Å². The van der Waals surface area contributed by atoms with E-state index in [-0.39, 0.29) is 6.42 Å². The Labute approximate surface area is 293 Å². The zero-order chi connectivity index (χ0) is 37.3. The van der Waals surface area contributed by atoms with Crippen molar-refractivity contribution in [2.24, 2.45) is 10.8 Å². The highest BCUT2D eigenvalue weighted by Crippen LogP contribution is 2.43. The van der Waals surface area contributed by atoms with Gasteiger partial charge in [0.05, 0.1) is 12.2 Å². The van der Waals surface area contributed by atoms with Crippen molar-refractivity contribution in [1.82, 2.24) is 0 Å². The molecule has 0 unspecified atom stereocenters. The molecule has 9 heteroatoms.